The van der Waals surface area contributed by atoms with Crippen molar-refractivity contribution >= 4 is 40.8 Å². The van der Waals surface area contributed by atoms with Crippen molar-refractivity contribution in [1.82, 2.24) is 4.98 Å². The third-order valence-corrected chi connectivity index (χ3v) is 4.64. The Labute approximate surface area is 155 Å². The molecule has 0 aliphatic carbocycles. The molecule has 2 aromatic rings. The number of halogens is 2. The fourth-order valence-electron chi connectivity index (χ4n) is 2.89. The summed E-state index contributed by atoms with van der Waals surface area (Å²) < 4.78 is 5.11. The Kier molecular flexibility index (Phi) is 5.25. The molecule has 0 radical (unpaired) electrons. The summed E-state index contributed by atoms with van der Waals surface area (Å²) in [4.78, 5) is 30.3. The number of rotatable bonds is 3. The first-order chi connectivity index (χ1) is 12.0. The average Bonchev–Trinajstić information content (AvgIpc) is 2.61. The van der Waals surface area contributed by atoms with E-state index >= 15 is 0 Å². The molecule has 0 N–H and O–H groups in total. The van der Waals surface area contributed by atoms with Crippen LogP contribution in [-0.2, 0) is 16.0 Å². The van der Waals surface area contributed by atoms with Crippen LogP contribution < -0.4 is 4.90 Å². The maximum Gasteiger partial charge on any atom is 0.359 e. The Morgan fingerprint density at radius 2 is 2.00 bits per heavy atom. The lowest BCUT2D eigenvalue weighted by molar-refractivity contribution is -0.122. The van der Waals surface area contributed by atoms with Crippen molar-refractivity contribution in [2.75, 3.05) is 11.5 Å². The fraction of sp³-hybridized carbons (Fsp3) is 0.278. The molecule has 0 saturated heterocycles. The molecule has 1 aliphatic heterocycles. The number of amides is 1. The van der Waals surface area contributed by atoms with Crippen molar-refractivity contribution in [2.24, 2.45) is 0 Å². The quantitative estimate of drug-likeness (QED) is 0.599. The van der Waals surface area contributed by atoms with E-state index in [1.54, 1.807) is 4.90 Å². The molecule has 5 nitrogen and oxygen atoms in total. The van der Waals surface area contributed by atoms with E-state index in [4.69, 9.17) is 27.9 Å². The van der Waals surface area contributed by atoms with Gasteiger partial charge in [0.25, 0.3) is 5.91 Å². The van der Waals surface area contributed by atoms with Gasteiger partial charge in [-0.25, -0.2) is 9.78 Å². The molecule has 2 heterocycles. The zero-order valence-electron chi connectivity index (χ0n) is 13.5. The normalized spacial score (nSPS) is 16.3. The number of benzene rings is 1. The largest absolute Gasteiger partial charge is 0.451 e. The summed E-state index contributed by atoms with van der Waals surface area (Å²) in [5.41, 5.74) is 1.87. The number of hydrogen-bond donors (Lipinski definition) is 0. The Balaban J connectivity index is 1.72. The molecule has 1 amide bonds. The van der Waals surface area contributed by atoms with Crippen molar-refractivity contribution in [1.29, 1.82) is 0 Å². The van der Waals surface area contributed by atoms with Gasteiger partial charge in [0, 0.05) is 11.7 Å². The molecular formula is C18H16Cl2N2O3. The molecule has 0 fully saturated rings. The molecular weight excluding hydrogens is 363 g/mol. The highest BCUT2D eigenvalue weighted by atomic mass is 35.5. The SMILES string of the molecule is CC1CCc2ccccc2N1C(=O)COC(=O)c1nc(Cl)ccc1Cl. The van der Waals surface area contributed by atoms with Gasteiger partial charge in [0.05, 0.1) is 5.02 Å². The van der Waals surface area contributed by atoms with Crippen LogP contribution in [0.3, 0.4) is 0 Å². The topological polar surface area (TPSA) is 59.5 Å². The molecule has 1 aromatic heterocycles. The van der Waals surface area contributed by atoms with Gasteiger partial charge in [0.2, 0.25) is 0 Å². The summed E-state index contributed by atoms with van der Waals surface area (Å²) in [5, 5.41) is 0.250. The number of carbonyl (C=O) groups is 2. The summed E-state index contributed by atoms with van der Waals surface area (Å²) in [7, 11) is 0. The minimum absolute atomic E-state index is 0.0361. The van der Waals surface area contributed by atoms with Gasteiger partial charge in [0.15, 0.2) is 12.3 Å². The predicted molar refractivity (Wildman–Crippen MR) is 96.3 cm³/mol. The Morgan fingerprint density at radius 3 is 2.80 bits per heavy atom. The number of para-hydroxylation sites is 1. The molecule has 1 unspecified atom stereocenters. The average molecular weight is 379 g/mol. The fourth-order valence-corrected chi connectivity index (χ4v) is 3.22. The number of fused-ring (bicyclic) bond motifs is 1. The minimum atomic E-state index is -0.779. The molecule has 130 valence electrons. The Bertz CT molecular complexity index is 826. The summed E-state index contributed by atoms with van der Waals surface area (Å²) >= 11 is 11.7. The second-order valence-corrected chi connectivity index (χ2v) is 6.62. The third-order valence-electron chi connectivity index (χ3n) is 4.12. The first-order valence-electron chi connectivity index (χ1n) is 7.86. The van der Waals surface area contributed by atoms with Crippen LogP contribution >= 0.6 is 23.2 Å². The summed E-state index contributed by atoms with van der Waals surface area (Å²) in [6, 6.07) is 10.7. The lowest BCUT2D eigenvalue weighted by Crippen LogP contribution is -2.44. The molecule has 3 rings (SSSR count). The van der Waals surface area contributed by atoms with Gasteiger partial charge in [-0.3, -0.25) is 4.79 Å². The number of hydrogen-bond acceptors (Lipinski definition) is 4. The molecule has 0 bridgehead atoms. The van der Waals surface area contributed by atoms with Crippen LogP contribution in [-0.4, -0.2) is 29.5 Å². The van der Waals surface area contributed by atoms with E-state index in [2.05, 4.69) is 4.98 Å². The van der Waals surface area contributed by atoms with Crippen molar-refractivity contribution in [3.8, 4) is 0 Å². The second-order valence-electron chi connectivity index (χ2n) is 5.82. The first-order valence-corrected chi connectivity index (χ1v) is 8.62. The smallest absolute Gasteiger partial charge is 0.359 e. The highest BCUT2D eigenvalue weighted by molar-refractivity contribution is 6.34. The van der Waals surface area contributed by atoms with Gasteiger partial charge >= 0.3 is 5.97 Å². The van der Waals surface area contributed by atoms with Crippen LogP contribution in [0, 0.1) is 0 Å². The molecule has 7 heteroatoms. The standard InChI is InChI=1S/C18H16Cl2N2O3/c1-11-6-7-12-4-2-3-5-14(12)22(11)16(23)10-25-18(24)17-13(19)8-9-15(20)21-17/h2-5,8-9,11H,6-7,10H2,1H3. The van der Waals surface area contributed by atoms with Crippen LogP contribution in [0.25, 0.3) is 0 Å². The zero-order chi connectivity index (χ0) is 18.0. The molecule has 25 heavy (non-hydrogen) atoms. The number of nitrogens with zero attached hydrogens (tertiary/aromatic N) is 2. The number of anilines is 1. The van der Waals surface area contributed by atoms with E-state index < -0.39 is 5.97 Å². The number of aromatic nitrogens is 1. The Hall–Kier alpha value is -2.11. The first kappa shape index (κ1) is 17.7. The van der Waals surface area contributed by atoms with Crippen LogP contribution in [0.2, 0.25) is 10.2 Å². The van der Waals surface area contributed by atoms with Gasteiger partial charge in [-0.05, 0) is 43.5 Å². The van der Waals surface area contributed by atoms with Gasteiger partial charge in [-0.15, -0.1) is 0 Å². The lowest BCUT2D eigenvalue weighted by atomic mass is 9.96. The van der Waals surface area contributed by atoms with E-state index in [0.717, 1.165) is 24.1 Å². The van der Waals surface area contributed by atoms with Gasteiger partial charge in [-0.1, -0.05) is 41.4 Å². The maximum absolute atomic E-state index is 12.6. The molecule has 1 atom stereocenters. The van der Waals surface area contributed by atoms with Crippen molar-refractivity contribution < 1.29 is 14.3 Å². The monoisotopic (exact) mass is 378 g/mol. The summed E-state index contributed by atoms with van der Waals surface area (Å²) in [6.45, 7) is 1.59. The predicted octanol–water partition coefficient (Wildman–Crippen LogP) is 3.91. The van der Waals surface area contributed by atoms with Crippen LogP contribution in [0.1, 0.15) is 29.4 Å². The maximum atomic E-state index is 12.6. The van der Waals surface area contributed by atoms with E-state index in [1.165, 1.54) is 12.1 Å². The minimum Gasteiger partial charge on any atom is -0.451 e. The van der Waals surface area contributed by atoms with Crippen molar-refractivity contribution in [3.63, 3.8) is 0 Å². The third kappa shape index (κ3) is 3.78. The highest BCUT2D eigenvalue weighted by Crippen LogP contribution is 2.30. The van der Waals surface area contributed by atoms with Crippen molar-refractivity contribution in [2.45, 2.75) is 25.8 Å². The number of esters is 1. The van der Waals surface area contributed by atoms with Gasteiger partial charge in [-0.2, -0.15) is 0 Å². The number of carbonyl (C=O) groups excluding carboxylic acids is 2. The van der Waals surface area contributed by atoms with E-state index in [0.29, 0.717) is 0 Å². The molecule has 0 spiro atoms. The van der Waals surface area contributed by atoms with Crippen molar-refractivity contribution in [3.05, 3.63) is 57.8 Å². The molecule has 1 aliphatic rings. The zero-order valence-corrected chi connectivity index (χ0v) is 15.0. The van der Waals surface area contributed by atoms with Crippen LogP contribution in [0.5, 0.6) is 0 Å². The Morgan fingerprint density at radius 1 is 1.24 bits per heavy atom. The summed E-state index contributed by atoms with van der Waals surface area (Å²) in [5.74, 6) is -1.06. The number of pyridine rings is 1. The van der Waals surface area contributed by atoms with E-state index in [-0.39, 0.29) is 34.4 Å². The highest BCUT2D eigenvalue weighted by Gasteiger charge is 2.29. The van der Waals surface area contributed by atoms with E-state index in [1.807, 2.05) is 31.2 Å². The second kappa shape index (κ2) is 7.42. The number of aryl methyl sites for hydroxylation is 1. The van der Waals surface area contributed by atoms with Crippen LogP contribution in [0.15, 0.2) is 36.4 Å². The lowest BCUT2D eigenvalue weighted by Gasteiger charge is -2.35. The van der Waals surface area contributed by atoms with E-state index in [9.17, 15) is 9.59 Å². The molecule has 0 saturated carbocycles. The number of ether oxygens (including phenoxy) is 1. The van der Waals surface area contributed by atoms with Crippen LogP contribution in [0.4, 0.5) is 5.69 Å². The summed E-state index contributed by atoms with van der Waals surface area (Å²) in [6.07, 6.45) is 1.78. The van der Waals surface area contributed by atoms with Gasteiger partial charge in [0.1, 0.15) is 5.15 Å². The molecule has 1 aromatic carbocycles. The van der Waals surface area contributed by atoms with Gasteiger partial charge < -0.3 is 9.64 Å².